The number of ether oxygens (including phenoxy) is 3. The predicted molar refractivity (Wildman–Crippen MR) is 117 cm³/mol. The van der Waals surface area contributed by atoms with Crippen molar-refractivity contribution in [3.05, 3.63) is 53.1 Å². The third kappa shape index (κ3) is 5.18. The minimum atomic E-state index is -4.39. The second-order valence-electron chi connectivity index (χ2n) is 7.69. The van der Waals surface area contributed by atoms with Gasteiger partial charge in [-0.3, -0.25) is 9.69 Å². The Morgan fingerprint density at radius 2 is 1.41 bits per heavy atom. The summed E-state index contributed by atoms with van der Waals surface area (Å²) in [5.74, 6) is 1.03. The number of carbonyl (C=O) groups is 1. The molecule has 2 rings (SSSR count). The number of hydrogen-bond acceptors (Lipinski definition) is 5. The Hall–Kier alpha value is -2.74. The van der Waals surface area contributed by atoms with E-state index in [0.717, 1.165) is 17.7 Å². The Bertz CT molecular complexity index is 901. The number of nitrogens with zero attached hydrogens (tertiary/aromatic N) is 1. The molecular formula is C24H30F3NO4. The molecule has 0 spiro atoms. The van der Waals surface area contributed by atoms with Gasteiger partial charge in [0.2, 0.25) is 5.75 Å². The summed E-state index contributed by atoms with van der Waals surface area (Å²) in [7, 11) is 8.17. The molecule has 0 heterocycles. The zero-order chi connectivity index (χ0) is 24.1. The largest absolute Gasteiger partial charge is 0.493 e. The highest BCUT2D eigenvalue weighted by Gasteiger charge is 2.35. The van der Waals surface area contributed by atoms with E-state index in [1.165, 1.54) is 33.5 Å². The first-order valence-corrected chi connectivity index (χ1v) is 10.2. The van der Waals surface area contributed by atoms with Gasteiger partial charge in [0, 0.05) is 17.5 Å². The van der Waals surface area contributed by atoms with Gasteiger partial charge in [0.15, 0.2) is 17.3 Å². The van der Waals surface area contributed by atoms with Gasteiger partial charge in [-0.2, -0.15) is 13.2 Å². The monoisotopic (exact) mass is 453 g/mol. The molecule has 0 radical (unpaired) electrons. The van der Waals surface area contributed by atoms with Crippen molar-refractivity contribution in [3.63, 3.8) is 0 Å². The van der Waals surface area contributed by atoms with Gasteiger partial charge < -0.3 is 14.2 Å². The van der Waals surface area contributed by atoms with Crippen LogP contribution < -0.4 is 14.2 Å². The number of carbonyl (C=O) groups excluding carboxylic acids is 1. The molecule has 2 aromatic rings. The van der Waals surface area contributed by atoms with Crippen molar-refractivity contribution in [2.75, 3.05) is 35.4 Å². The van der Waals surface area contributed by atoms with Crippen molar-refractivity contribution in [2.45, 2.75) is 37.9 Å². The molecule has 0 aliphatic heterocycles. The SMILES string of the molecule is CCC(CCC(=O)c1cc(OC)c(OC)c(OC)c1)(c1ccc(C(F)(F)F)cc1)N(C)C. The van der Waals surface area contributed by atoms with Gasteiger partial charge in [0.05, 0.1) is 26.9 Å². The lowest BCUT2D eigenvalue weighted by atomic mass is 9.80. The first kappa shape index (κ1) is 25.5. The summed E-state index contributed by atoms with van der Waals surface area (Å²) < 4.78 is 54.9. The zero-order valence-electron chi connectivity index (χ0n) is 19.3. The van der Waals surface area contributed by atoms with Crippen LogP contribution in [0.25, 0.3) is 0 Å². The molecule has 0 saturated heterocycles. The maximum absolute atomic E-state index is 13.1. The van der Waals surface area contributed by atoms with Crippen LogP contribution in [-0.4, -0.2) is 46.1 Å². The molecule has 0 N–H and O–H groups in total. The highest BCUT2D eigenvalue weighted by Crippen LogP contribution is 2.40. The van der Waals surface area contributed by atoms with E-state index in [1.54, 1.807) is 12.1 Å². The second kappa shape index (κ2) is 10.3. The van der Waals surface area contributed by atoms with Crippen LogP contribution in [0.4, 0.5) is 13.2 Å². The molecule has 0 amide bonds. The van der Waals surface area contributed by atoms with E-state index < -0.39 is 17.3 Å². The number of methoxy groups -OCH3 is 3. The molecule has 5 nitrogen and oxygen atoms in total. The van der Waals surface area contributed by atoms with Crippen LogP contribution in [0, 0.1) is 0 Å². The molecule has 2 aromatic carbocycles. The highest BCUT2D eigenvalue weighted by atomic mass is 19.4. The quantitative estimate of drug-likeness (QED) is 0.441. The number of hydrogen-bond donors (Lipinski definition) is 0. The van der Waals surface area contributed by atoms with Gasteiger partial charge in [-0.05, 0) is 56.8 Å². The highest BCUT2D eigenvalue weighted by molar-refractivity contribution is 5.97. The van der Waals surface area contributed by atoms with E-state index in [2.05, 4.69) is 0 Å². The number of halogens is 3. The second-order valence-corrected chi connectivity index (χ2v) is 7.69. The van der Waals surface area contributed by atoms with E-state index in [0.29, 0.717) is 35.7 Å². The van der Waals surface area contributed by atoms with E-state index in [-0.39, 0.29) is 12.2 Å². The Kier molecular flexibility index (Phi) is 8.18. The summed E-state index contributed by atoms with van der Waals surface area (Å²) >= 11 is 0. The minimum absolute atomic E-state index is 0.129. The van der Waals surface area contributed by atoms with Crippen molar-refractivity contribution in [1.29, 1.82) is 0 Å². The van der Waals surface area contributed by atoms with Gasteiger partial charge in [-0.25, -0.2) is 0 Å². The third-order valence-electron chi connectivity index (χ3n) is 5.94. The molecule has 0 aliphatic carbocycles. The molecule has 1 unspecified atom stereocenters. The van der Waals surface area contributed by atoms with Gasteiger partial charge in [0.25, 0.3) is 0 Å². The lowest BCUT2D eigenvalue weighted by molar-refractivity contribution is -0.137. The molecule has 0 fully saturated rings. The third-order valence-corrected chi connectivity index (χ3v) is 5.94. The van der Waals surface area contributed by atoms with Crippen LogP contribution in [0.3, 0.4) is 0 Å². The summed E-state index contributed by atoms with van der Waals surface area (Å²) in [4.78, 5) is 15.0. The van der Waals surface area contributed by atoms with Crippen LogP contribution in [-0.2, 0) is 11.7 Å². The Morgan fingerprint density at radius 1 is 0.906 bits per heavy atom. The number of benzene rings is 2. The van der Waals surface area contributed by atoms with Gasteiger partial charge in [-0.15, -0.1) is 0 Å². The number of alkyl halides is 3. The minimum Gasteiger partial charge on any atom is -0.493 e. The Labute approximate surface area is 187 Å². The van der Waals surface area contributed by atoms with Crippen molar-refractivity contribution in [2.24, 2.45) is 0 Å². The average Bonchev–Trinajstić information content (AvgIpc) is 2.77. The van der Waals surface area contributed by atoms with E-state index >= 15 is 0 Å². The maximum Gasteiger partial charge on any atom is 0.416 e. The zero-order valence-corrected chi connectivity index (χ0v) is 19.3. The molecular weight excluding hydrogens is 423 g/mol. The van der Waals surface area contributed by atoms with Gasteiger partial charge in [-0.1, -0.05) is 19.1 Å². The van der Waals surface area contributed by atoms with Crippen LogP contribution in [0.15, 0.2) is 36.4 Å². The van der Waals surface area contributed by atoms with E-state index in [1.807, 2.05) is 25.9 Å². The van der Waals surface area contributed by atoms with Crippen molar-refractivity contribution < 1.29 is 32.2 Å². The van der Waals surface area contributed by atoms with Crippen molar-refractivity contribution >= 4 is 5.78 Å². The molecule has 176 valence electrons. The Balaban J connectivity index is 2.34. The number of Topliss-reactive ketones (excluding diaryl/α,β-unsaturated/α-hetero) is 1. The van der Waals surface area contributed by atoms with Crippen molar-refractivity contribution in [1.82, 2.24) is 4.90 Å². The summed E-state index contributed by atoms with van der Waals surface area (Å²) in [6.07, 6.45) is -3.16. The lowest BCUT2D eigenvalue weighted by Crippen LogP contribution is -2.41. The fraction of sp³-hybridized carbons (Fsp3) is 0.458. The maximum atomic E-state index is 13.1. The van der Waals surface area contributed by atoms with Gasteiger partial charge in [0.1, 0.15) is 0 Å². The lowest BCUT2D eigenvalue weighted by Gasteiger charge is -2.40. The predicted octanol–water partition coefficient (Wildman–Crippen LogP) is 5.56. The van der Waals surface area contributed by atoms with Crippen LogP contribution in [0.2, 0.25) is 0 Å². The first-order chi connectivity index (χ1) is 15.0. The summed E-state index contributed by atoms with van der Waals surface area (Å²) in [6.45, 7) is 1.96. The van der Waals surface area contributed by atoms with E-state index in [9.17, 15) is 18.0 Å². The fourth-order valence-electron chi connectivity index (χ4n) is 4.00. The summed E-state index contributed by atoms with van der Waals surface area (Å²) in [5.41, 5.74) is -0.148. The van der Waals surface area contributed by atoms with Crippen LogP contribution in [0.5, 0.6) is 17.2 Å². The standard InChI is InChI=1S/C24H30F3NO4/c1-7-23(28(2)3,17-8-10-18(11-9-17)24(25,26)27)13-12-19(29)16-14-20(30-4)22(32-6)21(15-16)31-5/h8-11,14-15H,7,12-13H2,1-6H3. The summed E-state index contributed by atoms with van der Waals surface area (Å²) in [5, 5.41) is 0. The molecule has 8 heteroatoms. The molecule has 0 aliphatic rings. The Morgan fingerprint density at radius 3 is 1.78 bits per heavy atom. The smallest absolute Gasteiger partial charge is 0.416 e. The molecule has 32 heavy (non-hydrogen) atoms. The van der Waals surface area contributed by atoms with Gasteiger partial charge >= 0.3 is 6.18 Å². The first-order valence-electron chi connectivity index (χ1n) is 10.2. The van der Waals surface area contributed by atoms with Crippen LogP contribution >= 0.6 is 0 Å². The fourth-order valence-corrected chi connectivity index (χ4v) is 4.00. The normalized spacial score (nSPS) is 13.6. The molecule has 0 aromatic heterocycles. The topological polar surface area (TPSA) is 48.0 Å². The molecule has 0 saturated carbocycles. The molecule has 1 atom stereocenters. The van der Waals surface area contributed by atoms with Crippen LogP contribution in [0.1, 0.15) is 47.7 Å². The average molecular weight is 454 g/mol. The van der Waals surface area contributed by atoms with Crippen molar-refractivity contribution in [3.8, 4) is 17.2 Å². The summed E-state index contributed by atoms with van der Waals surface area (Å²) in [6, 6.07) is 8.37. The van der Waals surface area contributed by atoms with E-state index in [4.69, 9.17) is 14.2 Å². The number of ketones is 1. The number of rotatable bonds is 10. The molecule has 0 bridgehead atoms.